The van der Waals surface area contributed by atoms with Crippen molar-refractivity contribution in [2.75, 3.05) is 5.32 Å². The van der Waals surface area contributed by atoms with Gasteiger partial charge in [-0.1, -0.05) is 42.5 Å². The third-order valence-electron chi connectivity index (χ3n) is 5.78. The van der Waals surface area contributed by atoms with Crippen LogP contribution in [0.3, 0.4) is 0 Å². The maximum atomic E-state index is 12.3. The molecule has 4 heteroatoms. The first-order chi connectivity index (χ1) is 14.2. The van der Waals surface area contributed by atoms with Crippen molar-refractivity contribution in [3.63, 3.8) is 0 Å². The largest absolute Gasteiger partial charge is 0.423 e. The van der Waals surface area contributed by atoms with Gasteiger partial charge in [-0.25, -0.2) is 4.79 Å². The van der Waals surface area contributed by atoms with Crippen LogP contribution >= 0.6 is 22.6 Å². The maximum Gasteiger partial charge on any atom is 0.343 e. The molecule has 1 aliphatic heterocycles. The average Bonchev–Trinajstić information content (AvgIpc) is 3.25. The quantitative estimate of drug-likeness (QED) is 0.200. The number of fused-ring (bicyclic) bond motifs is 3. The van der Waals surface area contributed by atoms with Gasteiger partial charge in [0.1, 0.15) is 5.75 Å². The highest BCUT2D eigenvalue weighted by atomic mass is 127. The number of hydrogen-bond donors (Lipinski definition) is 1. The molecular weight excluding hydrogens is 473 g/mol. The molecule has 29 heavy (non-hydrogen) atoms. The Kier molecular flexibility index (Phi) is 4.87. The minimum Gasteiger partial charge on any atom is -0.423 e. The molecule has 1 aliphatic carbocycles. The van der Waals surface area contributed by atoms with E-state index >= 15 is 0 Å². The van der Waals surface area contributed by atoms with Crippen LogP contribution in [0.1, 0.15) is 39.9 Å². The Labute approximate surface area is 183 Å². The van der Waals surface area contributed by atoms with Crippen molar-refractivity contribution >= 4 is 34.2 Å². The summed E-state index contributed by atoms with van der Waals surface area (Å²) in [6.07, 6.45) is 5.72. The van der Waals surface area contributed by atoms with Crippen molar-refractivity contribution in [2.45, 2.75) is 18.4 Å². The van der Waals surface area contributed by atoms with E-state index in [0.717, 1.165) is 6.42 Å². The van der Waals surface area contributed by atoms with Crippen LogP contribution in [0.4, 0.5) is 5.69 Å². The zero-order valence-electron chi connectivity index (χ0n) is 15.7. The number of halogens is 1. The third-order valence-corrected chi connectivity index (χ3v) is 6.46. The van der Waals surface area contributed by atoms with Gasteiger partial charge in [0.15, 0.2) is 0 Å². The number of carbonyl (C=O) groups excluding carboxylic acids is 1. The molecule has 0 unspecified atom stereocenters. The van der Waals surface area contributed by atoms with E-state index in [-0.39, 0.29) is 12.0 Å². The summed E-state index contributed by atoms with van der Waals surface area (Å²) in [6, 6.07) is 23.8. The number of ether oxygens (including phenoxy) is 1. The van der Waals surface area contributed by atoms with Gasteiger partial charge < -0.3 is 10.1 Å². The molecular formula is C25H20INO2. The second-order valence-corrected chi connectivity index (χ2v) is 8.78. The van der Waals surface area contributed by atoms with Crippen molar-refractivity contribution in [1.29, 1.82) is 0 Å². The monoisotopic (exact) mass is 493 g/mol. The zero-order valence-corrected chi connectivity index (χ0v) is 17.9. The molecule has 3 nitrogen and oxygen atoms in total. The molecule has 2 aliphatic rings. The molecule has 0 radical (unpaired) electrons. The van der Waals surface area contributed by atoms with E-state index in [4.69, 9.17) is 4.74 Å². The molecule has 0 amide bonds. The Morgan fingerprint density at radius 3 is 2.59 bits per heavy atom. The van der Waals surface area contributed by atoms with Crippen LogP contribution in [0.15, 0.2) is 84.9 Å². The van der Waals surface area contributed by atoms with Gasteiger partial charge in [0, 0.05) is 15.2 Å². The van der Waals surface area contributed by atoms with Crippen LogP contribution in [-0.2, 0) is 0 Å². The van der Waals surface area contributed by atoms with Crippen LogP contribution in [0, 0.1) is 9.49 Å². The van der Waals surface area contributed by atoms with Gasteiger partial charge in [-0.15, -0.1) is 0 Å². The molecule has 0 aromatic heterocycles. The lowest BCUT2D eigenvalue weighted by Crippen LogP contribution is -2.29. The highest BCUT2D eigenvalue weighted by molar-refractivity contribution is 14.1. The first-order valence-electron chi connectivity index (χ1n) is 9.79. The molecule has 3 aromatic carbocycles. The molecule has 1 heterocycles. The molecule has 1 N–H and O–H groups in total. The third kappa shape index (κ3) is 3.57. The fourth-order valence-corrected chi connectivity index (χ4v) is 4.89. The SMILES string of the molecule is O=C(Oc1ccc([C@@H]2Nc3ccc(I)cc3[C@@H]3C=CC[C@@H]32)cc1)c1ccccc1. The van der Waals surface area contributed by atoms with Crippen LogP contribution in [0.5, 0.6) is 5.75 Å². The molecule has 0 saturated carbocycles. The summed E-state index contributed by atoms with van der Waals surface area (Å²) in [6.45, 7) is 0. The fraction of sp³-hybridized carbons (Fsp3) is 0.160. The predicted molar refractivity (Wildman–Crippen MR) is 123 cm³/mol. The number of carbonyl (C=O) groups is 1. The topological polar surface area (TPSA) is 38.3 Å². The first-order valence-corrected chi connectivity index (χ1v) is 10.9. The molecule has 3 aromatic rings. The first kappa shape index (κ1) is 18.4. The van der Waals surface area contributed by atoms with Crippen LogP contribution < -0.4 is 10.1 Å². The van der Waals surface area contributed by atoms with Gasteiger partial charge in [-0.3, -0.25) is 0 Å². The smallest absolute Gasteiger partial charge is 0.343 e. The number of rotatable bonds is 3. The summed E-state index contributed by atoms with van der Waals surface area (Å²) in [7, 11) is 0. The minimum absolute atomic E-state index is 0.237. The van der Waals surface area contributed by atoms with Crippen LogP contribution in [0.2, 0.25) is 0 Å². The standard InChI is InChI=1S/C25H20INO2/c26-18-11-14-23-22(15-18)20-7-4-8-21(20)24(27-23)16-9-12-19(13-10-16)29-25(28)17-5-2-1-3-6-17/h1-7,9-15,20-21,24,27H,8H2/t20-,21+,24+/m1/s1. The van der Waals surface area contributed by atoms with E-state index < -0.39 is 0 Å². The Morgan fingerprint density at radius 1 is 1.00 bits per heavy atom. The van der Waals surface area contributed by atoms with E-state index in [1.165, 1.54) is 20.4 Å². The summed E-state index contributed by atoms with van der Waals surface area (Å²) < 4.78 is 6.80. The summed E-state index contributed by atoms with van der Waals surface area (Å²) in [5.41, 5.74) is 4.37. The Morgan fingerprint density at radius 2 is 1.79 bits per heavy atom. The molecule has 0 spiro atoms. The van der Waals surface area contributed by atoms with Crippen LogP contribution in [-0.4, -0.2) is 5.97 Å². The molecule has 144 valence electrons. The van der Waals surface area contributed by atoms with E-state index in [0.29, 0.717) is 23.1 Å². The van der Waals surface area contributed by atoms with Gasteiger partial charge in [0.05, 0.1) is 11.6 Å². The molecule has 5 rings (SSSR count). The summed E-state index contributed by atoms with van der Waals surface area (Å²) in [5, 5.41) is 3.75. The van der Waals surface area contributed by atoms with Gasteiger partial charge >= 0.3 is 5.97 Å². The van der Waals surface area contributed by atoms with Crippen LogP contribution in [0.25, 0.3) is 0 Å². The maximum absolute atomic E-state index is 12.3. The lowest BCUT2D eigenvalue weighted by Gasteiger charge is -2.37. The Balaban J connectivity index is 1.37. The van der Waals surface area contributed by atoms with E-state index in [1.807, 2.05) is 30.3 Å². The molecule has 0 bridgehead atoms. The Hall–Kier alpha value is -2.60. The second kappa shape index (κ2) is 7.67. The van der Waals surface area contributed by atoms with E-state index in [2.05, 4.69) is 70.4 Å². The second-order valence-electron chi connectivity index (χ2n) is 7.53. The van der Waals surface area contributed by atoms with Gasteiger partial charge in [0.2, 0.25) is 0 Å². The van der Waals surface area contributed by atoms with Gasteiger partial charge in [-0.2, -0.15) is 0 Å². The minimum atomic E-state index is -0.335. The molecule has 3 atom stereocenters. The Bertz CT molecular complexity index is 1080. The van der Waals surface area contributed by atoms with Gasteiger partial charge in [-0.05, 0) is 88.5 Å². The van der Waals surface area contributed by atoms with E-state index in [1.54, 1.807) is 12.1 Å². The lowest BCUT2D eigenvalue weighted by atomic mass is 9.77. The number of benzene rings is 3. The number of anilines is 1. The number of esters is 1. The van der Waals surface area contributed by atoms with Crippen molar-refractivity contribution in [2.24, 2.45) is 5.92 Å². The van der Waals surface area contributed by atoms with Crippen molar-refractivity contribution in [1.82, 2.24) is 0 Å². The summed E-state index contributed by atoms with van der Waals surface area (Å²) in [5.74, 6) is 1.17. The number of hydrogen-bond acceptors (Lipinski definition) is 3. The van der Waals surface area contributed by atoms with Crippen molar-refractivity contribution in [3.8, 4) is 5.75 Å². The number of allylic oxidation sites excluding steroid dienone is 2. The molecule has 0 fully saturated rings. The summed E-state index contributed by atoms with van der Waals surface area (Å²) in [4.78, 5) is 12.3. The lowest BCUT2D eigenvalue weighted by molar-refractivity contribution is 0.0734. The molecule has 0 saturated heterocycles. The van der Waals surface area contributed by atoms with Crippen molar-refractivity contribution < 1.29 is 9.53 Å². The van der Waals surface area contributed by atoms with Gasteiger partial charge in [0.25, 0.3) is 0 Å². The highest BCUT2D eigenvalue weighted by Gasteiger charge is 2.37. The normalized spacial score (nSPS) is 21.8. The van der Waals surface area contributed by atoms with E-state index in [9.17, 15) is 4.79 Å². The average molecular weight is 493 g/mol. The number of nitrogens with one attached hydrogen (secondary N) is 1. The summed E-state index contributed by atoms with van der Waals surface area (Å²) >= 11 is 2.38. The predicted octanol–water partition coefficient (Wildman–Crippen LogP) is 6.34. The fourth-order valence-electron chi connectivity index (χ4n) is 4.38. The van der Waals surface area contributed by atoms with Crippen molar-refractivity contribution in [3.05, 3.63) is 105 Å². The zero-order chi connectivity index (χ0) is 19.8. The highest BCUT2D eigenvalue weighted by Crippen LogP contribution is 2.50.